The molecule has 0 amide bonds. The van der Waals surface area contributed by atoms with Crippen LogP contribution in [0.1, 0.15) is 18.4 Å². The molecule has 1 fully saturated rings. The van der Waals surface area contributed by atoms with E-state index in [0.717, 1.165) is 5.56 Å². The second-order valence-corrected chi connectivity index (χ2v) is 4.63. The van der Waals surface area contributed by atoms with E-state index in [-0.39, 0.29) is 11.7 Å². The third-order valence-corrected chi connectivity index (χ3v) is 3.58. The van der Waals surface area contributed by atoms with E-state index in [9.17, 15) is 9.90 Å². The van der Waals surface area contributed by atoms with E-state index < -0.39 is 5.41 Å². The number of rotatable bonds is 3. The Morgan fingerprint density at radius 3 is 2.82 bits per heavy atom. The Morgan fingerprint density at radius 1 is 1.59 bits per heavy atom. The van der Waals surface area contributed by atoms with Crippen molar-refractivity contribution in [1.29, 1.82) is 0 Å². The second kappa shape index (κ2) is 4.37. The summed E-state index contributed by atoms with van der Waals surface area (Å²) in [7, 11) is 1.39. The van der Waals surface area contributed by atoms with Gasteiger partial charge in [0.2, 0.25) is 0 Å². The van der Waals surface area contributed by atoms with Gasteiger partial charge in [0.15, 0.2) is 0 Å². The number of methoxy groups -OCH3 is 1. The number of phenolic OH excluding ortho intramolecular Hbond substituents is 1. The molecule has 1 aromatic carbocycles. The molecule has 1 aliphatic carbocycles. The molecule has 0 heterocycles. The van der Waals surface area contributed by atoms with Gasteiger partial charge in [-0.3, -0.25) is 4.79 Å². The minimum absolute atomic E-state index is 0.168. The fourth-order valence-electron chi connectivity index (χ4n) is 2.61. The Bertz CT molecular complexity index is 424. The van der Waals surface area contributed by atoms with Crippen molar-refractivity contribution in [1.82, 2.24) is 0 Å². The number of esters is 1. The maximum atomic E-state index is 11.9. The molecule has 2 rings (SSSR count). The molecule has 3 N–H and O–H groups in total. The predicted molar refractivity (Wildman–Crippen MR) is 63.6 cm³/mol. The summed E-state index contributed by atoms with van der Waals surface area (Å²) in [5, 5.41) is 9.50. The van der Waals surface area contributed by atoms with Crippen molar-refractivity contribution >= 4 is 5.97 Å². The lowest BCUT2D eigenvalue weighted by Gasteiger charge is -2.45. The van der Waals surface area contributed by atoms with E-state index in [4.69, 9.17) is 10.5 Å². The number of carbonyl (C=O) groups is 1. The first-order chi connectivity index (χ1) is 8.12. The smallest absolute Gasteiger partial charge is 0.316 e. The standard InChI is InChI=1S/C13H17NO3/c1-17-12(16)13(6-9(7-13)8-14)10-3-2-4-11(15)5-10/h2-5,9,15H,6-8,14H2,1H3. The van der Waals surface area contributed by atoms with Crippen molar-refractivity contribution in [2.45, 2.75) is 18.3 Å². The van der Waals surface area contributed by atoms with Crippen LogP contribution in [0.3, 0.4) is 0 Å². The van der Waals surface area contributed by atoms with Gasteiger partial charge in [-0.15, -0.1) is 0 Å². The zero-order valence-corrected chi connectivity index (χ0v) is 9.85. The van der Waals surface area contributed by atoms with Gasteiger partial charge < -0.3 is 15.6 Å². The minimum Gasteiger partial charge on any atom is -0.508 e. The number of ether oxygens (including phenoxy) is 1. The zero-order valence-electron chi connectivity index (χ0n) is 9.85. The quantitative estimate of drug-likeness (QED) is 0.771. The number of nitrogens with two attached hydrogens (primary N) is 1. The molecule has 0 spiro atoms. The lowest BCUT2D eigenvalue weighted by atomic mass is 9.58. The number of carbonyl (C=O) groups excluding carboxylic acids is 1. The first-order valence-electron chi connectivity index (χ1n) is 5.70. The fraction of sp³-hybridized carbons (Fsp3) is 0.462. The first kappa shape index (κ1) is 11.9. The highest BCUT2D eigenvalue weighted by molar-refractivity contribution is 5.84. The van der Waals surface area contributed by atoms with Gasteiger partial charge in [-0.05, 0) is 43.0 Å². The summed E-state index contributed by atoms with van der Waals surface area (Å²) in [5.74, 6) is 0.284. The van der Waals surface area contributed by atoms with Crippen LogP contribution in [-0.2, 0) is 14.9 Å². The van der Waals surface area contributed by atoms with Gasteiger partial charge in [-0.25, -0.2) is 0 Å². The van der Waals surface area contributed by atoms with Crippen molar-refractivity contribution < 1.29 is 14.6 Å². The van der Waals surface area contributed by atoms with E-state index in [2.05, 4.69) is 0 Å². The number of hydrogen-bond acceptors (Lipinski definition) is 4. The number of hydrogen-bond donors (Lipinski definition) is 2. The molecule has 0 aromatic heterocycles. The minimum atomic E-state index is -0.614. The Labute approximate surface area is 100 Å². The van der Waals surface area contributed by atoms with Crippen LogP contribution in [0.2, 0.25) is 0 Å². The Kier molecular flexibility index (Phi) is 3.07. The van der Waals surface area contributed by atoms with Crippen molar-refractivity contribution in [3.05, 3.63) is 29.8 Å². The van der Waals surface area contributed by atoms with Crippen LogP contribution in [-0.4, -0.2) is 24.7 Å². The lowest BCUT2D eigenvalue weighted by Crippen LogP contribution is -2.50. The summed E-state index contributed by atoms with van der Waals surface area (Å²) in [6.07, 6.45) is 1.39. The number of benzene rings is 1. The monoisotopic (exact) mass is 235 g/mol. The molecule has 0 unspecified atom stereocenters. The molecule has 17 heavy (non-hydrogen) atoms. The number of phenols is 1. The van der Waals surface area contributed by atoms with E-state index in [1.54, 1.807) is 18.2 Å². The summed E-state index contributed by atoms with van der Waals surface area (Å²) in [4.78, 5) is 11.9. The highest BCUT2D eigenvalue weighted by Crippen LogP contribution is 2.48. The fourth-order valence-corrected chi connectivity index (χ4v) is 2.61. The maximum Gasteiger partial charge on any atom is 0.316 e. The normalized spacial score (nSPS) is 27.3. The molecular weight excluding hydrogens is 218 g/mol. The maximum absolute atomic E-state index is 11.9. The highest BCUT2D eigenvalue weighted by atomic mass is 16.5. The van der Waals surface area contributed by atoms with Crippen molar-refractivity contribution in [3.8, 4) is 5.75 Å². The molecule has 0 bridgehead atoms. The Hall–Kier alpha value is -1.55. The van der Waals surface area contributed by atoms with Gasteiger partial charge in [0.1, 0.15) is 5.75 Å². The summed E-state index contributed by atoms with van der Waals surface area (Å²) < 4.78 is 4.88. The summed E-state index contributed by atoms with van der Waals surface area (Å²) >= 11 is 0. The van der Waals surface area contributed by atoms with Gasteiger partial charge in [0.05, 0.1) is 12.5 Å². The largest absolute Gasteiger partial charge is 0.508 e. The van der Waals surface area contributed by atoms with Crippen LogP contribution in [0.4, 0.5) is 0 Å². The number of aromatic hydroxyl groups is 1. The van der Waals surface area contributed by atoms with Crippen LogP contribution < -0.4 is 5.73 Å². The van der Waals surface area contributed by atoms with E-state index in [1.165, 1.54) is 7.11 Å². The van der Waals surface area contributed by atoms with Gasteiger partial charge in [0.25, 0.3) is 0 Å². The van der Waals surface area contributed by atoms with E-state index in [0.29, 0.717) is 25.3 Å². The summed E-state index contributed by atoms with van der Waals surface area (Å²) in [6.45, 7) is 0.581. The summed E-state index contributed by atoms with van der Waals surface area (Å²) in [5.41, 5.74) is 5.80. The van der Waals surface area contributed by atoms with Crippen LogP contribution >= 0.6 is 0 Å². The SMILES string of the molecule is COC(=O)C1(c2cccc(O)c2)CC(CN)C1. The molecule has 0 saturated heterocycles. The third-order valence-electron chi connectivity index (χ3n) is 3.58. The molecule has 92 valence electrons. The second-order valence-electron chi connectivity index (χ2n) is 4.63. The van der Waals surface area contributed by atoms with Crippen molar-refractivity contribution in [2.24, 2.45) is 11.7 Å². The third kappa shape index (κ3) is 1.89. The van der Waals surface area contributed by atoms with Crippen LogP contribution in [0.15, 0.2) is 24.3 Å². The molecule has 0 aliphatic heterocycles. The van der Waals surface area contributed by atoms with Gasteiger partial charge >= 0.3 is 5.97 Å². The van der Waals surface area contributed by atoms with E-state index in [1.807, 2.05) is 6.07 Å². The van der Waals surface area contributed by atoms with Gasteiger partial charge in [0, 0.05) is 0 Å². The molecule has 1 saturated carbocycles. The molecule has 4 nitrogen and oxygen atoms in total. The molecule has 0 atom stereocenters. The molecule has 1 aliphatic rings. The topological polar surface area (TPSA) is 72.5 Å². The van der Waals surface area contributed by atoms with Crippen LogP contribution in [0.5, 0.6) is 5.75 Å². The predicted octanol–water partition coefficient (Wildman–Crippen LogP) is 1.17. The zero-order chi connectivity index (χ0) is 12.5. The molecule has 4 heteroatoms. The Balaban J connectivity index is 2.33. The van der Waals surface area contributed by atoms with Crippen molar-refractivity contribution in [2.75, 3.05) is 13.7 Å². The summed E-state index contributed by atoms with van der Waals surface area (Å²) in [6, 6.07) is 6.81. The lowest BCUT2D eigenvalue weighted by molar-refractivity contribution is -0.153. The van der Waals surface area contributed by atoms with Crippen LogP contribution in [0, 0.1) is 5.92 Å². The average Bonchev–Trinajstić information content (AvgIpc) is 2.28. The van der Waals surface area contributed by atoms with Crippen LogP contribution in [0.25, 0.3) is 0 Å². The molecule has 0 radical (unpaired) electrons. The Morgan fingerprint density at radius 2 is 2.29 bits per heavy atom. The first-order valence-corrected chi connectivity index (χ1v) is 5.70. The highest BCUT2D eigenvalue weighted by Gasteiger charge is 2.51. The van der Waals surface area contributed by atoms with Gasteiger partial charge in [-0.1, -0.05) is 12.1 Å². The van der Waals surface area contributed by atoms with Crippen molar-refractivity contribution in [3.63, 3.8) is 0 Å². The van der Waals surface area contributed by atoms with E-state index >= 15 is 0 Å². The van der Waals surface area contributed by atoms with Gasteiger partial charge in [-0.2, -0.15) is 0 Å². The molecular formula is C13H17NO3. The average molecular weight is 235 g/mol. The molecule has 1 aromatic rings.